The van der Waals surface area contributed by atoms with Gasteiger partial charge in [-0.3, -0.25) is 9.59 Å². The molecule has 0 fully saturated rings. The molecule has 2 amide bonds. The fourth-order valence-corrected chi connectivity index (χ4v) is 2.26. The summed E-state index contributed by atoms with van der Waals surface area (Å²) in [5.74, 6) is -0.584. The average molecular weight is 381 g/mol. The van der Waals surface area contributed by atoms with Gasteiger partial charge in [0.1, 0.15) is 6.61 Å². The molecule has 0 saturated carbocycles. The van der Waals surface area contributed by atoms with E-state index in [-0.39, 0.29) is 0 Å². The highest BCUT2D eigenvalue weighted by molar-refractivity contribution is 6.39. The fraction of sp³-hybridized carbons (Fsp3) is 0.190. The third kappa shape index (κ3) is 5.70. The number of hydrazone groups is 1. The van der Waals surface area contributed by atoms with Crippen LogP contribution in [0.1, 0.15) is 16.7 Å². The van der Waals surface area contributed by atoms with Gasteiger partial charge in [-0.2, -0.15) is 5.10 Å². The molecule has 0 heterocycles. The van der Waals surface area contributed by atoms with Crippen LogP contribution in [0.3, 0.4) is 0 Å². The Morgan fingerprint density at radius 2 is 1.86 bits per heavy atom. The number of aryl methyl sites for hydroxylation is 2. The van der Waals surface area contributed by atoms with Crippen LogP contribution >= 0.6 is 0 Å². The van der Waals surface area contributed by atoms with Crippen LogP contribution in [0, 0.1) is 13.8 Å². The first-order chi connectivity index (χ1) is 13.4. The normalized spacial score (nSPS) is 10.4. The summed E-state index contributed by atoms with van der Waals surface area (Å²) in [6.45, 7) is 7.85. The highest BCUT2D eigenvalue weighted by atomic mass is 16.5. The van der Waals surface area contributed by atoms with Gasteiger partial charge in [-0.1, -0.05) is 18.7 Å². The molecule has 0 saturated heterocycles. The Bertz CT molecular complexity index is 907. The Labute approximate surface area is 164 Å². The molecule has 2 N–H and O–H groups in total. The van der Waals surface area contributed by atoms with Gasteiger partial charge in [0.05, 0.1) is 13.3 Å². The maximum Gasteiger partial charge on any atom is 0.329 e. The maximum atomic E-state index is 12.0. The van der Waals surface area contributed by atoms with Crippen LogP contribution < -0.4 is 20.2 Å². The number of nitrogens with one attached hydrogen (secondary N) is 2. The van der Waals surface area contributed by atoms with E-state index in [1.54, 1.807) is 36.4 Å². The van der Waals surface area contributed by atoms with Crippen molar-refractivity contribution in [2.75, 3.05) is 19.0 Å². The van der Waals surface area contributed by atoms with Crippen molar-refractivity contribution in [3.8, 4) is 11.5 Å². The van der Waals surface area contributed by atoms with E-state index >= 15 is 0 Å². The first-order valence-corrected chi connectivity index (χ1v) is 8.58. The molecule has 0 unspecified atom stereocenters. The van der Waals surface area contributed by atoms with E-state index in [1.807, 2.05) is 19.9 Å². The molecule has 0 bridgehead atoms. The standard InChI is InChI=1S/C21H23N3O4/c1-5-10-28-18-9-7-16(12-19(18)27-4)13-22-24-21(26)20(25)23-17-8-6-14(2)15(3)11-17/h5-9,11-13H,1,10H2,2-4H3,(H,23,25)(H,24,26). The Hall–Kier alpha value is -3.61. The molecule has 0 aliphatic heterocycles. The smallest absolute Gasteiger partial charge is 0.329 e. The molecule has 2 rings (SSSR count). The van der Waals surface area contributed by atoms with Crippen molar-refractivity contribution in [3.05, 3.63) is 65.7 Å². The van der Waals surface area contributed by atoms with Gasteiger partial charge in [-0.05, 0) is 60.9 Å². The lowest BCUT2D eigenvalue weighted by Gasteiger charge is -2.09. The molecule has 0 aliphatic carbocycles. The van der Waals surface area contributed by atoms with Crippen LogP contribution in [0.15, 0.2) is 54.2 Å². The number of nitrogens with zero attached hydrogens (tertiary/aromatic N) is 1. The van der Waals surface area contributed by atoms with E-state index in [1.165, 1.54) is 13.3 Å². The summed E-state index contributed by atoms with van der Waals surface area (Å²) in [6, 6.07) is 10.6. The van der Waals surface area contributed by atoms with Crippen LogP contribution in [-0.4, -0.2) is 31.7 Å². The number of benzene rings is 2. The molecule has 2 aromatic carbocycles. The van der Waals surface area contributed by atoms with Crippen LogP contribution in [0.2, 0.25) is 0 Å². The van der Waals surface area contributed by atoms with Gasteiger partial charge in [0, 0.05) is 5.69 Å². The molecule has 0 spiro atoms. The third-order valence-electron chi connectivity index (χ3n) is 3.90. The minimum absolute atomic E-state index is 0.357. The maximum absolute atomic E-state index is 12.0. The monoisotopic (exact) mass is 381 g/mol. The quantitative estimate of drug-likeness (QED) is 0.334. The highest BCUT2D eigenvalue weighted by Crippen LogP contribution is 2.27. The largest absolute Gasteiger partial charge is 0.493 e. The lowest BCUT2D eigenvalue weighted by molar-refractivity contribution is -0.136. The van der Waals surface area contributed by atoms with Crippen molar-refractivity contribution in [1.82, 2.24) is 5.43 Å². The lowest BCUT2D eigenvalue weighted by atomic mass is 10.1. The van der Waals surface area contributed by atoms with Gasteiger partial charge in [0.25, 0.3) is 0 Å². The topological polar surface area (TPSA) is 89.0 Å². The van der Waals surface area contributed by atoms with Gasteiger partial charge >= 0.3 is 11.8 Å². The molecule has 0 radical (unpaired) electrons. The van der Waals surface area contributed by atoms with Gasteiger partial charge in [-0.25, -0.2) is 5.43 Å². The summed E-state index contributed by atoms with van der Waals surface area (Å²) >= 11 is 0. The van der Waals surface area contributed by atoms with Gasteiger partial charge in [0.2, 0.25) is 0 Å². The lowest BCUT2D eigenvalue weighted by Crippen LogP contribution is -2.32. The van der Waals surface area contributed by atoms with Crippen molar-refractivity contribution in [1.29, 1.82) is 0 Å². The summed E-state index contributed by atoms with van der Waals surface area (Å²) < 4.78 is 10.7. The first-order valence-electron chi connectivity index (χ1n) is 8.58. The van der Waals surface area contributed by atoms with Gasteiger partial charge in [-0.15, -0.1) is 0 Å². The number of amides is 2. The van der Waals surface area contributed by atoms with Crippen LogP contribution in [0.25, 0.3) is 0 Å². The van der Waals surface area contributed by atoms with Crippen molar-refractivity contribution in [2.45, 2.75) is 13.8 Å². The molecule has 0 aromatic heterocycles. The molecular formula is C21H23N3O4. The van der Waals surface area contributed by atoms with E-state index in [9.17, 15) is 9.59 Å². The van der Waals surface area contributed by atoms with Crippen molar-refractivity contribution in [3.63, 3.8) is 0 Å². The second-order valence-electron chi connectivity index (χ2n) is 5.96. The zero-order valence-electron chi connectivity index (χ0n) is 16.1. The SMILES string of the molecule is C=CCOc1ccc(C=NNC(=O)C(=O)Nc2ccc(C)c(C)c2)cc1OC. The minimum Gasteiger partial charge on any atom is -0.493 e. The second kappa shape index (κ2) is 9.91. The van der Waals surface area contributed by atoms with Gasteiger partial charge < -0.3 is 14.8 Å². The predicted molar refractivity (Wildman–Crippen MR) is 109 cm³/mol. The number of hydrogen-bond acceptors (Lipinski definition) is 5. The van der Waals surface area contributed by atoms with Crippen LogP contribution in [-0.2, 0) is 9.59 Å². The molecule has 2 aromatic rings. The zero-order chi connectivity index (χ0) is 20.5. The predicted octanol–water partition coefficient (Wildman–Crippen LogP) is 2.97. The molecule has 0 aliphatic rings. The average Bonchev–Trinajstić information content (AvgIpc) is 2.69. The van der Waals surface area contributed by atoms with Crippen molar-refractivity contribution < 1.29 is 19.1 Å². The summed E-state index contributed by atoms with van der Waals surface area (Å²) in [5, 5.41) is 6.34. The number of rotatable bonds is 7. The van der Waals surface area contributed by atoms with E-state index in [0.29, 0.717) is 29.4 Å². The molecule has 0 atom stereocenters. The van der Waals surface area contributed by atoms with Gasteiger partial charge in [0.15, 0.2) is 11.5 Å². The van der Waals surface area contributed by atoms with E-state index in [2.05, 4.69) is 22.4 Å². The molecule has 7 heteroatoms. The van der Waals surface area contributed by atoms with Crippen molar-refractivity contribution >= 4 is 23.7 Å². The second-order valence-corrected chi connectivity index (χ2v) is 5.96. The highest BCUT2D eigenvalue weighted by Gasteiger charge is 2.13. The first kappa shape index (κ1) is 20.7. The minimum atomic E-state index is -0.868. The van der Waals surface area contributed by atoms with E-state index in [0.717, 1.165) is 11.1 Å². The number of carbonyl (C=O) groups is 2. The Morgan fingerprint density at radius 1 is 1.07 bits per heavy atom. The summed E-state index contributed by atoms with van der Waals surface area (Å²) in [7, 11) is 1.52. The van der Waals surface area contributed by atoms with Crippen LogP contribution in [0.5, 0.6) is 11.5 Å². The number of hydrogen-bond donors (Lipinski definition) is 2. The summed E-state index contributed by atoms with van der Waals surface area (Å²) in [4.78, 5) is 23.8. The molecule has 7 nitrogen and oxygen atoms in total. The fourth-order valence-electron chi connectivity index (χ4n) is 2.26. The third-order valence-corrected chi connectivity index (χ3v) is 3.90. The number of ether oxygens (including phenoxy) is 2. The number of methoxy groups -OCH3 is 1. The molecular weight excluding hydrogens is 358 g/mol. The van der Waals surface area contributed by atoms with E-state index < -0.39 is 11.8 Å². The zero-order valence-corrected chi connectivity index (χ0v) is 16.1. The molecule has 146 valence electrons. The Kier molecular flexibility index (Phi) is 7.33. The number of carbonyl (C=O) groups excluding carboxylic acids is 2. The Balaban J connectivity index is 1.95. The summed E-state index contributed by atoms with van der Waals surface area (Å²) in [5.41, 5.74) is 5.53. The van der Waals surface area contributed by atoms with Crippen LogP contribution in [0.4, 0.5) is 5.69 Å². The Morgan fingerprint density at radius 3 is 2.54 bits per heavy atom. The molecule has 28 heavy (non-hydrogen) atoms. The van der Waals surface area contributed by atoms with Crippen molar-refractivity contribution in [2.24, 2.45) is 5.10 Å². The van der Waals surface area contributed by atoms with E-state index in [4.69, 9.17) is 9.47 Å². The summed E-state index contributed by atoms with van der Waals surface area (Å²) in [6.07, 6.45) is 3.04. The number of anilines is 1.